The number of fused-ring (bicyclic) bond motifs is 9. The Bertz CT molecular complexity index is 2840. The zero-order valence-electron chi connectivity index (χ0n) is 25.4. The van der Waals surface area contributed by atoms with Gasteiger partial charge in [-0.3, -0.25) is 0 Å². The molecule has 0 radical (unpaired) electrons. The minimum Gasteiger partial charge on any atom is -0.456 e. The summed E-state index contributed by atoms with van der Waals surface area (Å²) < 4.78 is 6.27. The molecule has 2 heteroatoms. The van der Waals surface area contributed by atoms with Gasteiger partial charge in [-0.05, 0) is 86.3 Å². The summed E-state index contributed by atoms with van der Waals surface area (Å²) in [5, 5.41) is 10.7. The summed E-state index contributed by atoms with van der Waals surface area (Å²) in [5.41, 5.74) is 9.72. The van der Waals surface area contributed by atoms with E-state index < -0.39 is 0 Å². The van der Waals surface area contributed by atoms with E-state index in [0.29, 0.717) is 0 Å². The lowest BCUT2D eigenvalue weighted by atomic mass is 9.94. The fraction of sp³-hybridized carbons (Fsp3) is 0. The van der Waals surface area contributed by atoms with E-state index in [0.717, 1.165) is 49.5 Å². The highest BCUT2D eigenvalue weighted by Crippen LogP contribution is 2.41. The Morgan fingerprint density at radius 3 is 1.66 bits per heavy atom. The highest BCUT2D eigenvalue weighted by molar-refractivity contribution is 6.28. The van der Waals surface area contributed by atoms with Crippen molar-refractivity contribution in [2.24, 2.45) is 0 Å². The van der Waals surface area contributed by atoms with Crippen LogP contribution in [0.3, 0.4) is 0 Å². The largest absolute Gasteiger partial charge is 0.456 e. The fourth-order valence-corrected chi connectivity index (χ4v) is 7.27. The molecular weight excluding hydrogens is 571 g/mol. The van der Waals surface area contributed by atoms with Crippen LogP contribution in [0.5, 0.6) is 0 Å². The molecule has 0 aliphatic heterocycles. The Hall–Kier alpha value is -6.25. The van der Waals surface area contributed by atoms with Gasteiger partial charge in [0.15, 0.2) is 0 Å². The van der Waals surface area contributed by atoms with E-state index in [9.17, 15) is 0 Å². The second-order valence-electron chi connectivity index (χ2n) is 12.4. The summed E-state index contributed by atoms with van der Waals surface area (Å²) in [7, 11) is 0. The number of furan rings is 1. The maximum absolute atomic E-state index is 6.27. The summed E-state index contributed by atoms with van der Waals surface area (Å²) in [4.78, 5) is 5.21. The van der Waals surface area contributed by atoms with Crippen molar-refractivity contribution in [3.05, 3.63) is 164 Å². The minimum atomic E-state index is 0.900. The average Bonchev–Trinajstić information content (AvgIpc) is 3.53. The predicted molar refractivity (Wildman–Crippen MR) is 198 cm³/mol. The van der Waals surface area contributed by atoms with E-state index in [1.165, 1.54) is 49.2 Å². The lowest BCUT2D eigenvalue weighted by Crippen LogP contribution is -1.90. The lowest BCUT2D eigenvalue weighted by molar-refractivity contribution is 0.669. The molecule has 0 spiro atoms. The minimum absolute atomic E-state index is 0.900. The molecule has 0 atom stereocenters. The standard InChI is InChI=1S/C45H27NO/c1-2-8-31-25-33(18-15-28(31)7-1)36-22-21-34-26-32(19-20-35(34)27-36)29-13-16-30(17-14-29)45-39-23-24-42-44(38-10-4-6-12-41(38)47-42)43(39)37-9-3-5-11-40(37)46-45/h1-27H. The first-order valence-corrected chi connectivity index (χ1v) is 16.0. The Morgan fingerprint density at radius 2 is 0.894 bits per heavy atom. The van der Waals surface area contributed by atoms with Crippen LogP contribution in [-0.4, -0.2) is 4.98 Å². The van der Waals surface area contributed by atoms with Crippen molar-refractivity contribution in [1.82, 2.24) is 4.98 Å². The van der Waals surface area contributed by atoms with Crippen LogP contribution in [0, 0.1) is 0 Å². The van der Waals surface area contributed by atoms with E-state index in [1.807, 2.05) is 12.1 Å². The summed E-state index contributed by atoms with van der Waals surface area (Å²) >= 11 is 0. The maximum Gasteiger partial charge on any atom is 0.136 e. The van der Waals surface area contributed by atoms with Crippen molar-refractivity contribution in [1.29, 1.82) is 0 Å². The molecule has 2 aromatic heterocycles. The van der Waals surface area contributed by atoms with Crippen molar-refractivity contribution < 1.29 is 4.42 Å². The summed E-state index contributed by atoms with van der Waals surface area (Å²) in [5.74, 6) is 0. The zero-order valence-corrected chi connectivity index (χ0v) is 25.4. The van der Waals surface area contributed by atoms with Gasteiger partial charge in [0.2, 0.25) is 0 Å². The number of benzene rings is 8. The summed E-state index contributed by atoms with van der Waals surface area (Å²) in [6.45, 7) is 0. The monoisotopic (exact) mass is 597 g/mol. The van der Waals surface area contributed by atoms with Crippen LogP contribution in [0.2, 0.25) is 0 Å². The molecule has 8 aromatic carbocycles. The van der Waals surface area contributed by atoms with E-state index in [4.69, 9.17) is 9.40 Å². The molecule has 47 heavy (non-hydrogen) atoms. The molecule has 10 rings (SSSR count). The van der Waals surface area contributed by atoms with Crippen molar-refractivity contribution in [3.63, 3.8) is 0 Å². The van der Waals surface area contributed by atoms with Crippen LogP contribution in [0.25, 0.3) is 98.7 Å². The zero-order chi connectivity index (χ0) is 30.9. The third-order valence-corrected chi connectivity index (χ3v) is 9.62. The number of hydrogen-bond donors (Lipinski definition) is 0. The second kappa shape index (κ2) is 10.1. The Morgan fingerprint density at radius 1 is 0.340 bits per heavy atom. The third kappa shape index (κ3) is 4.16. The number of hydrogen-bond acceptors (Lipinski definition) is 2. The van der Waals surface area contributed by atoms with Crippen molar-refractivity contribution in [3.8, 4) is 33.5 Å². The van der Waals surface area contributed by atoms with E-state index in [2.05, 4.69) is 152 Å². The second-order valence-corrected chi connectivity index (χ2v) is 12.4. The van der Waals surface area contributed by atoms with Gasteiger partial charge in [-0.15, -0.1) is 0 Å². The summed E-state index contributed by atoms with van der Waals surface area (Å²) in [6.07, 6.45) is 0. The predicted octanol–water partition coefficient (Wildman–Crippen LogP) is 12.6. The molecule has 0 fully saturated rings. The molecule has 0 saturated heterocycles. The van der Waals surface area contributed by atoms with Crippen LogP contribution < -0.4 is 0 Å². The molecule has 2 heterocycles. The number of pyridine rings is 1. The van der Waals surface area contributed by atoms with Gasteiger partial charge in [-0.1, -0.05) is 121 Å². The van der Waals surface area contributed by atoms with Crippen LogP contribution >= 0.6 is 0 Å². The Labute approximate surface area is 271 Å². The maximum atomic E-state index is 6.27. The Kier molecular flexibility index (Phi) is 5.61. The molecule has 0 bridgehead atoms. The van der Waals surface area contributed by atoms with Gasteiger partial charge < -0.3 is 4.42 Å². The van der Waals surface area contributed by atoms with Crippen LogP contribution in [0.1, 0.15) is 0 Å². The van der Waals surface area contributed by atoms with Crippen LogP contribution in [0.4, 0.5) is 0 Å². The number of rotatable bonds is 3. The van der Waals surface area contributed by atoms with Gasteiger partial charge in [0.1, 0.15) is 11.2 Å². The number of aromatic nitrogens is 1. The van der Waals surface area contributed by atoms with Gasteiger partial charge in [-0.2, -0.15) is 0 Å². The molecule has 0 aliphatic carbocycles. The summed E-state index contributed by atoms with van der Waals surface area (Å²) in [6, 6.07) is 58.6. The first-order chi connectivity index (χ1) is 23.3. The molecule has 0 unspecified atom stereocenters. The highest BCUT2D eigenvalue weighted by atomic mass is 16.3. The van der Waals surface area contributed by atoms with Gasteiger partial charge >= 0.3 is 0 Å². The first kappa shape index (κ1) is 26.0. The molecule has 0 aliphatic rings. The molecular formula is C45H27NO. The third-order valence-electron chi connectivity index (χ3n) is 9.62. The van der Waals surface area contributed by atoms with Gasteiger partial charge in [0, 0.05) is 32.5 Å². The average molecular weight is 598 g/mol. The topological polar surface area (TPSA) is 26.0 Å². The van der Waals surface area contributed by atoms with Gasteiger partial charge in [-0.25, -0.2) is 4.98 Å². The van der Waals surface area contributed by atoms with E-state index >= 15 is 0 Å². The smallest absolute Gasteiger partial charge is 0.136 e. The fourth-order valence-electron chi connectivity index (χ4n) is 7.27. The molecule has 10 aromatic rings. The van der Waals surface area contributed by atoms with Gasteiger partial charge in [0.25, 0.3) is 0 Å². The SMILES string of the molecule is c1ccc2cc(-c3ccc4cc(-c5ccc(-c6nc7ccccc7c7c6ccc6oc8ccccc8c67)cc5)ccc4c3)ccc2c1. The van der Waals surface area contributed by atoms with Crippen molar-refractivity contribution in [2.45, 2.75) is 0 Å². The van der Waals surface area contributed by atoms with Crippen LogP contribution in [0.15, 0.2) is 168 Å². The van der Waals surface area contributed by atoms with E-state index in [-0.39, 0.29) is 0 Å². The number of para-hydroxylation sites is 2. The highest BCUT2D eigenvalue weighted by Gasteiger charge is 2.17. The quantitative estimate of drug-likeness (QED) is 0.189. The number of nitrogens with zero attached hydrogens (tertiary/aromatic N) is 1. The lowest BCUT2D eigenvalue weighted by Gasteiger charge is -2.12. The first-order valence-electron chi connectivity index (χ1n) is 16.0. The molecule has 2 nitrogen and oxygen atoms in total. The van der Waals surface area contributed by atoms with Crippen molar-refractivity contribution in [2.75, 3.05) is 0 Å². The molecule has 218 valence electrons. The molecule has 0 N–H and O–H groups in total. The van der Waals surface area contributed by atoms with Crippen LogP contribution in [-0.2, 0) is 0 Å². The van der Waals surface area contributed by atoms with E-state index in [1.54, 1.807) is 0 Å². The normalized spacial score (nSPS) is 11.8. The van der Waals surface area contributed by atoms with Gasteiger partial charge in [0.05, 0.1) is 11.2 Å². The Balaban J connectivity index is 1.05. The van der Waals surface area contributed by atoms with Crippen molar-refractivity contribution >= 4 is 65.2 Å². The molecule has 0 saturated carbocycles. The molecule has 0 amide bonds.